The van der Waals surface area contributed by atoms with Crippen LogP contribution in [0.2, 0.25) is 0 Å². The first-order valence-electron chi connectivity index (χ1n) is 10.7. The fourth-order valence-corrected chi connectivity index (χ4v) is 4.74. The topological polar surface area (TPSA) is 53.5 Å². The Hall–Kier alpha value is -4.10. The van der Waals surface area contributed by atoms with Crippen LogP contribution in [0, 0.1) is 5.82 Å². The zero-order valence-electron chi connectivity index (χ0n) is 18.1. The number of amides is 2. The molecule has 1 aliphatic rings. The minimum Gasteiger partial charge on any atom is -0.299 e. The van der Waals surface area contributed by atoms with Crippen LogP contribution in [-0.4, -0.2) is 28.2 Å². The molecule has 1 aliphatic heterocycles. The number of hydrogen-bond donors (Lipinski definition) is 0. The van der Waals surface area contributed by atoms with E-state index in [0.717, 1.165) is 16.7 Å². The molecule has 2 amide bonds. The van der Waals surface area contributed by atoms with E-state index in [0.29, 0.717) is 28.6 Å². The predicted octanol–water partition coefficient (Wildman–Crippen LogP) is 5.61. The first kappa shape index (κ1) is 21.7. The maximum absolute atomic E-state index is 13.5. The maximum Gasteiger partial charge on any atom is 0.259 e. The van der Waals surface area contributed by atoms with Crippen molar-refractivity contribution in [2.24, 2.45) is 0 Å². The molecule has 3 aromatic carbocycles. The first-order chi connectivity index (χ1) is 16.5. The molecule has 0 fully saturated rings. The van der Waals surface area contributed by atoms with Gasteiger partial charge in [0.05, 0.1) is 12.2 Å². The lowest BCUT2D eigenvalue weighted by molar-refractivity contribution is -0.118. The third-order valence-corrected chi connectivity index (χ3v) is 6.54. The quantitative estimate of drug-likeness (QED) is 0.369. The van der Waals surface area contributed by atoms with Crippen LogP contribution in [0.3, 0.4) is 0 Å². The average Bonchev–Trinajstić information content (AvgIpc) is 3.44. The number of carbonyl (C=O) groups excluding carboxylic acids is 2. The van der Waals surface area contributed by atoms with Crippen molar-refractivity contribution < 1.29 is 14.0 Å². The van der Waals surface area contributed by atoms with E-state index in [4.69, 9.17) is 0 Å². The molecule has 0 atom stereocenters. The van der Waals surface area contributed by atoms with Gasteiger partial charge in [-0.05, 0) is 35.9 Å². The number of nitrogens with zero attached hydrogens (tertiary/aromatic N) is 3. The van der Waals surface area contributed by atoms with Crippen LogP contribution in [0.15, 0.2) is 90.8 Å². The number of rotatable bonds is 6. The molecule has 0 spiro atoms. The molecule has 5 rings (SSSR count). The zero-order valence-corrected chi connectivity index (χ0v) is 19.0. The highest BCUT2D eigenvalue weighted by molar-refractivity contribution is 7.14. The highest BCUT2D eigenvalue weighted by atomic mass is 32.1. The number of thiazole rings is 1. The molecule has 2 heterocycles. The molecule has 0 radical (unpaired) electrons. The lowest BCUT2D eigenvalue weighted by Crippen LogP contribution is -2.40. The predicted molar refractivity (Wildman–Crippen MR) is 132 cm³/mol. The molecular formula is C27H20FN3O2S. The second-order valence-corrected chi connectivity index (χ2v) is 8.71. The van der Waals surface area contributed by atoms with Crippen LogP contribution < -0.4 is 4.90 Å². The van der Waals surface area contributed by atoms with Crippen LogP contribution in [0.25, 0.3) is 17.0 Å². The molecule has 34 heavy (non-hydrogen) atoms. The van der Waals surface area contributed by atoms with Gasteiger partial charge in [-0.2, -0.15) is 0 Å². The van der Waals surface area contributed by atoms with Crippen molar-refractivity contribution in [2.45, 2.75) is 6.54 Å². The SMILES string of the molecule is C=C1c2ccccc2C(=O)N1CC(=O)N(Cc1ccccc1)c1nc(-c2ccc(F)cc2)cs1. The molecule has 5 nitrogen and oxygen atoms in total. The molecule has 0 unspecified atom stereocenters. The number of carbonyl (C=O) groups is 2. The largest absolute Gasteiger partial charge is 0.299 e. The summed E-state index contributed by atoms with van der Waals surface area (Å²) >= 11 is 1.33. The molecule has 1 aromatic heterocycles. The van der Waals surface area contributed by atoms with Gasteiger partial charge < -0.3 is 0 Å². The molecular weight excluding hydrogens is 449 g/mol. The Morgan fingerprint density at radius 1 is 0.971 bits per heavy atom. The van der Waals surface area contributed by atoms with E-state index >= 15 is 0 Å². The van der Waals surface area contributed by atoms with Gasteiger partial charge in [-0.25, -0.2) is 9.37 Å². The Balaban J connectivity index is 1.44. The Labute approximate surface area is 200 Å². The van der Waals surface area contributed by atoms with Gasteiger partial charge in [-0.3, -0.25) is 19.4 Å². The summed E-state index contributed by atoms with van der Waals surface area (Å²) in [6, 6.07) is 22.9. The summed E-state index contributed by atoms with van der Waals surface area (Å²) in [5, 5.41) is 2.34. The van der Waals surface area contributed by atoms with E-state index in [9.17, 15) is 14.0 Å². The molecule has 0 bridgehead atoms. The van der Waals surface area contributed by atoms with E-state index in [1.54, 1.807) is 29.2 Å². The van der Waals surface area contributed by atoms with Gasteiger partial charge in [0.2, 0.25) is 5.91 Å². The highest BCUT2D eigenvalue weighted by Crippen LogP contribution is 2.33. The third kappa shape index (κ3) is 4.13. The highest BCUT2D eigenvalue weighted by Gasteiger charge is 2.33. The van der Waals surface area contributed by atoms with Gasteiger partial charge in [0.15, 0.2) is 5.13 Å². The average molecular weight is 470 g/mol. The monoisotopic (exact) mass is 469 g/mol. The van der Waals surface area contributed by atoms with Crippen LogP contribution >= 0.6 is 11.3 Å². The maximum atomic E-state index is 13.5. The minimum absolute atomic E-state index is 0.148. The normalized spacial score (nSPS) is 12.7. The Bertz CT molecular complexity index is 1350. The Morgan fingerprint density at radius 2 is 1.65 bits per heavy atom. The van der Waals surface area contributed by atoms with Gasteiger partial charge in [-0.15, -0.1) is 11.3 Å². The summed E-state index contributed by atoms with van der Waals surface area (Å²) in [7, 11) is 0. The van der Waals surface area contributed by atoms with Crippen molar-refractivity contribution >= 4 is 34.0 Å². The fourth-order valence-electron chi connectivity index (χ4n) is 3.89. The fraction of sp³-hybridized carbons (Fsp3) is 0.0741. The minimum atomic E-state index is -0.323. The molecule has 7 heteroatoms. The number of anilines is 1. The van der Waals surface area contributed by atoms with Crippen molar-refractivity contribution in [3.8, 4) is 11.3 Å². The van der Waals surface area contributed by atoms with Crippen LogP contribution in [-0.2, 0) is 11.3 Å². The molecule has 0 aliphatic carbocycles. The van der Waals surface area contributed by atoms with Crippen LogP contribution in [0.5, 0.6) is 0 Å². The van der Waals surface area contributed by atoms with Crippen LogP contribution in [0.4, 0.5) is 9.52 Å². The lowest BCUT2D eigenvalue weighted by atomic mass is 10.1. The molecule has 0 saturated heterocycles. The van der Waals surface area contributed by atoms with Gasteiger partial charge in [-0.1, -0.05) is 55.1 Å². The summed E-state index contributed by atoms with van der Waals surface area (Å²) < 4.78 is 13.3. The summed E-state index contributed by atoms with van der Waals surface area (Å²) in [5.74, 6) is -0.831. The Morgan fingerprint density at radius 3 is 2.35 bits per heavy atom. The molecule has 0 N–H and O–H groups in total. The van der Waals surface area contributed by atoms with Crippen molar-refractivity contribution in [3.63, 3.8) is 0 Å². The smallest absolute Gasteiger partial charge is 0.259 e. The zero-order chi connectivity index (χ0) is 23.7. The van der Waals surface area contributed by atoms with Crippen molar-refractivity contribution in [2.75, 3.05) is 11.4 Å². The van der Waals surface area contributed by atoms with Gasteiger partial charge in [0, 0.05) is 27.8 Å². The van der Waals surface area contributed by atoms with E-state index in [-0.39, 0.29) is 24.2 Å². The van der Waals surface area contributed by atoms with Crippen molar-refractivity contribution in [1.82, 2.24) is 9.88 Å². The van der Waals surface area contributed by atoms with Crippen molar-refractivity contribution in [3.05, 3.63) is 113 Å². The summed E-state index contributed by atoms with van der Waals surface area (Å²) in [5.41, 5.74) is 4.14. The van der Waals surface area contributed by atoms with Gasteiger partial charge >= 0.3 is 0 Å². The van der Waals surface area contributed by atoms with E-state index in [1.807, 2.05) is 47.8 Å². The summed E-state index contributed by atoms with van der Waals surface area (Å²) in [4.78, 5) is 34.1. The second-order valence-electron chi connectivity index (χ2n) is 7.87. The van der Waals surface area contributed by atoms with E-state index in [2.05, 4.69) is 11.6 Å². The lowest BCUT2D eigenvalue weighted by Gasteiger charge is -2.24. The standard InChI is InChI=1S/C27H20FN3O2S/c1-18-22-9-5-6-10-23(22)26(33)30(18)16-25(32)31(15-19-7-3-2-4-8-19)27-29-24(17-34-27)20-11-13-21(28)14-12-20/h2-14,17H,1,15-16H2. The number of hydrogen-bond acceptors (Lipinski definition) is 4. The molecule has 0 saturated carbocycles. The summed E-state index contributed by atoms with van der Waals surface area (Å²) in [6.45, 7) is 4.19. The van der Waals surface area contributed by atoms with Gasteiger partial charge in [0.1, 0.15) is 12.4 Å². The van der Waals surface area contributed by atoms with E-state index < -0.39 is 0 Å². The van der Waals surface area contributed by atoms with Crippen molar-refractivity contribution in [1.29, 1.82) is 0 Å². The van der Waals surface area contributed by atoms with Crippen LogP contribution in [0.1, 0.15) is 21.5 Å². The number of benzene rings is 3. The third-order valence-electron chi connectivity index (χ3n) is 5.68. The summed E-state index contributed by atoms with van der Waals surface area (Å²) in [6.07, 6.45) is 0. The van der Waals surface area contributed by atoms with E-state index in [1.165, 1.54) is 28.4 Å². The number of halogens is 1. The first-order valence-corrected chi connectivity index (χ1v) is 11.5. The number of aromatic nitrogens is 1. The molecule has 168 valence electrons. The van der Waals surface area contributed by atoms with Gasteiger partial charge in [0.25, 0.3) is 5.91 Å². The molecule has 4 aromatic rings. The Kier molecular flexibility index (Phi) is 5.77. The second kappa shape index (κ2) is 9.03. The number of fused-ring (bicyclic) bond motifs is 1.